The van der Waals surface area contributed by atoms with Gasteiger partial charge >= 0.3 is 6.03 Å². The third-order valence-electron chi connectivity index (χ3n) is 5.63. The third-order valence-corrected chi connectivity index (χ3v) is 9.62. The fraction of sp³-hybridized carbons (Fsp3) is 0.450. The number of sulfonamides is 1. The second-order valence-corrected chi connectivity index (χ2v) is 12.2. The molecule has 2 aromatic rings. The highest BCUT2D eigenvalue weighted by molar-refractivity contribution is 9.11. The topological polar surface area (TPSA) is 60.9 Å². The largest absolute Gasteiger partial charge is 0.320 e. The molecular weight excluding hydrogens is 474 g/mol. The molecule has 0 N–H and O–H groups in total. The van der Waals surface area contributed by atoms with Crippen LogP contribution in [0, 0.1) is 6.92 Å². The summed E-state index contributed by atoms with van der Waals surface area (Å²) < 4.78 is 28.3. The Morgan fingerprint density at radius 1 is 1.03 bits per heavy atom. The second kappa shape index (κ2) is 8.37. The Kier molecular flexibility index (Phi) is 6.02. The van der Waals surface area contributed by atoms with Gasteiger partial charge in [0, 0.05) is 38.8 Å². The monoisotopic (exact) mass is 497 g/mol. The molecule has 29 heavy (non-hydrogen) atoms. The van der Waals surface area contributed by atoms with E-state index in [1.165, 1.54) is 16.9 Å². The summed E-state index contributed by atoms with van der Waals surface area (Å²) in [5.41, 5.74) is 2.34. The zero-order chi connectivity index (χ0) is 20.6. The average molecular weight is 498 g/mol. The van der Waals surface area contributed by atoms with Crippen molar-refractivity contribution in [3.63, 3.8) is 0 Å². The molecule has 0 bridgehead atoms. The minimum atomic E-state index is -3.45. The number of carbonyl (C=O) groups excluding carboxylic acids is 1. The Hall–Kier alpha value is -1.42. The van der Waals surface area contributed by atoms with Gasteiger partial charge in [0.1, 0.15) is 4.21 Å². The molecule has 0 atom stereocenters. The van der Waals surface area contributed by atoms with Crippen molar-refractivity contribution in [2.24, 2.45) is 0 Å². The molecule has 0 saturated carbocycles. The molecule has 1 aromatic carbocycles. The first kappa shape index (κ1) is 20.8. The summed E-state index contributed by atoms with van der Waals surface area (Å²) >= 11 is 4.56. The van der Waals surface area contributed by atoms with Crippen LogP contribution in [0.1, 0.15) is 24.0 Å². The van der Waals surface area contributed by atoms with E-state index in [4.69, 9.17) is 0 Å². The molecule has 4 rings (SSSR count). The normalized spacial score (nSPS) is 19.3. The molecule has 3 heterocycles. The molecule has 0 unspecified atom stereocenters. The van der Waals surface area contributed by atoms with Crippen molar-refractivity contribution in [2.45, 2.75) is 36.6 Å². The number of hydrogen-bond acceptors (Lipinski definition) is 4. The number of amides is 2. The lowest BCUT2D eigenvalue weighted by Gasteiger charge is -2.35. The molecule has 2 amide bonds. The number of hydrogen-bond donors (Lipinski definition) is 0. The van der Waals surface area contributed by atoms with Crippen molar-refractivity contribution in [3.05, 3.63) is 51.3 Å². The zero-order valence-electron chi connectivity index (χ0n) is 16.3. The van der Waals surface area contributed by atoms with Gasteiger partial charge in [-0.05, 0) is 53.4 Å². The molecule has 6 nitrogen and oxygen atoms in total. The van der Waals surface area contributed by atoms with E-state index in [0.717, 1.165) is 9.35 Å². The third kappa shape index (κ3) is 4.38. The first-order valence-corrected chi connectivity index (χ1v) is 12.8. The first-order chi connectivity index (χ1) is 13.8. The van der Waals surface area contributed by atoms with Gasteiger partial charge < -0.3 is 9.80 Å². The van der Waals surface area contributed by atoms with Crippen molar-refractivity contribution in [3.8, 4) is 0 Å². The van der Waals surface area contributed by atoms with Crippen LogP contribution in [0.5, 0.6) is 0 Å². The van der Waals surface area contributed by atoms with E-state index in [1.807, 2.05) is 9.80 Å². The maximum absolute atomic E-state index is 12.9. The summed E-state index contributed by atoms with van der Waals surface area (Å²) in [6, 6.07) is 11.8. The molecule has 2 saturated heterocycles. The van der Waals surface area contributed by atoms with Crippen LogP contribution in [0.2, 0.25) is 0 Å². The highest BCUT2D eigenvalue weighted by Gasteiger charge is 2.37. The van der Waals surface area contributed by atoms with Gasteiger partial charge in [0.25, 0.3) is 10.0 Å². The summed E-state index contributed by atoms with van der Waals surface area (Å²) in [7, 11) is -3.45. The standard InChI is InChI=1S/C20H24BrN3O3S2/c1-15-2-4-16(5-3-15)14-22-12-13-24(20(22)25)17-8-10-23(11-9-17)29(26,27)19-7-6-18(21)28-19/h2-7,17H,8-14H2,1H3. The van der Waals surface area contributed by atoms with E-state index >= 15 is 0 Å². The van der Waals surface area contributed by atoms with Crippen molar-refractivity contribution in [1.82, 2.24) is 14.1 Å². The van der Waals surface area contributed by atoms with Gasteiger partial charge in [0.15, 0.2) is 0 Å². The summed E-state index contributed by atoms with van der Waals surface area (Å²) in [4.78, 5) is 16.7. The van der Waals surface area contributed by atoms with Crippen LogP contribution in [0.25, 0.3) is 0 Å². The van der Waals surface area contributed by atoms with Gasteiger partial charge in [-0.2, -0.15) is 4.31 Å². The fourth-order valence-electron chi connectivity index (χ4n) is 3.96. The number of benzene rings is 1. The molecule has 0 aliphatic carbocycles. The maximum atomic E-state index is 12.9. The molecule has 0 spiro atoms. The van der Waals surface area contributed by atoms with Crippen LogP contribution >= 0.6 is 27.3 Å². The van der Waals surface area contributed by atoms with Crippen LogP contribution in [0.4, 0.5) is 4.79 Å². The molecule has 2 aliphatic heterocycles. The summed E-state index contributed by atoms with van der Waals surface area (Å²) in [6.07, 6.45) is 1.35. The SMILES string of the molecule is Cc1ccc(CN2CCN(C3CCN(S(=O)(=O)c4ccc(Br)s4)CC3)C2=O)cc1. The lowest BCUT2D eigenvalue weighted by molar-refractivity contribution is 0.153. The Morgan fingerprint density at radius 3 is 2.34 bits per heavy atom. The van der Waals surface area contributed by atoms with Crippen LogP contribution in [0.3, 0.4) is 0 Å². The molecule has 2 fully saturated rings. The van der Waals surface area contributed by atoms with Gasteiger partial charge in [-0.15, -0.1) is 11.3 Å². The number of thiophene rings is 1. The number of rotatable bonds is 5. The van der Waals surface area contributed by atoms with Crippen LogP contribution in [-0.2, 0) is 16.6 Å². The van der Waals surface area contributed by atoms with Gasteiger partial charge in [-0.25, -0.2) is 13.2 Å². The Bertz CT molecular complexity index is 983. The van der Waals surface area contributed by atoms with Crippen molar-refractivity contribution in [2.75, 3.05) is 26.2 Å². The van der Waals surface area contributed by atoms with Crippen LogP contribution < -0.4 is 0 Å². The smallest absolute Gasteiger partial charge is 0.320 e. The van der Waals surface area contributed by atoms with E-state index in [-0.39, 0.29) is 12.1 Å². The lowest BCUT2D eigenvalue weighted by Crippen LogP contribution is -2.47. The quantitative estimate of drug-likeness (QED) is 0.628. The van der Waals surface area contributed by atoms with Gasteiger partial charge in [-0.1, -0.05) is 29.8 Å². The maximum Gasteiger partial charge on any atom is 0.320 e. The first-order valence-electron chi connectivity index (χ1n) is 9.71. The zero-order valence-corrected chi connectivity index (χ0v) is 19.5. The lowest BCUT2D eigenvalue weighted by atomic mass is 10.1. The fourth-order valence-corrected chi connectivity index (χ4v) is 7.59. The van der Waals surface area contributed by atoms with E-state index < -0.39 is 10.0 Å². The highest BCUT2D eigenvalue weighted by Crippen LogP contribution is 2.31. The number of aryl methyl sites for hydroxylation is 1. The number of urea groups is 1. The predicted molar refractivity (Wildman–Crippen MR) is 117 cm³/mol. The average Bonchev–Trinajstić information content (AvgIpc) is 3.30. The molecule has 156 valence electrons. The Labute approximate surface area is 184 Å². The Morgan fingerprint density at radius 2 is 1.72 bits per heavy atom. The summed E-state index contributed by atoms with van der Waals surface area (Å²) in [5, 5.41) is 0. The summed E-state index contributed by atoms with van der Waals surface area (Å²) in [5.74, 6) is 0. The molecule has 2 aliphatic rings. The summed E-state index contributed by atoms with van der Waals surface area (Å²) in [6.45, 7) is 5.00. The number of carbonyl (C=O) groups is 1. The van der Waals surface area contributed by atoms with Crippen molar-refractivity contribution >= 4 is 43.3 Å². The molecule has 0 radical (unpaired) electrons. The van der Waals surface area contributed by atoms with Gasteiger partial charge in [0.2, 0.25) is 0 Å². The minimum absolute atomic E-state index is 0.0640. The predicted octanol–water partition coefficient (Wildman–Crippen LogP) is 3.91. The van der Waals surface area contributed by atoms with E-state index in [2.05, 4.69) is 47.1 Å². The van der Waals surface area contributed by atoms with Crippen LogP contribution in [0.15, 0.2) is 44.4 Å². The number of halogens is 1. The minimum Gasteiger partial charge on any atom is -0.320 e. The van der Waals surface area contributed by atoms with Gasteiger partial charge in [-0.3, -0.25) is 0 Å². The van der Waals surface area contributed by atoms with E-state index in [1.54, 1.807) is 16.4 Å². The molecule has 9 heteroatoms. The van der Waals surface area contributed by atoms with E-state index in [9.17, 15) is 13.2 Å². The molecular formula is C20H24BrN3O3S2. The number of piperidine rings is 1. The van der Waals surface area contributed by atoms with Crippen molar-refractivity contribution < 1.29 is 13.2 Å². The number of nitrogens with zero attached hydrogens (tertiary/aromatic N) is 3. The molecule has 1 aromatic heterocycles. The van der Waals surface area contributed by atoms with Gasteiger partial charge in [0.05, 0.1) is 3.79 Å². The Balaban J connectivity index is 1.35. The highest BCUT2D eigenvalue weighted by atomic mass is 79.9. The van der Waals surface area contributed by atoms with Crippen molar-refractivity contribution in [1.29, 1.82) is 0 Å². The van der Waals surface area contributed by atoms with E-state index in [0.29, 0.717) is 49.8 Å². The van der Waals surface area contributed by atoms with Crippen LogP contribution in [-0.4, -0.2) is 60.8 Å². The second-order valence-electron chi connectivity index (χ2n) is 7.58.